The zero-order chi connectivity index (χ0) is 19.3. The quantitative estimate of drug-likeness (QED) is 0.290. The lowest BCUT2D eigenvalue weighted by Crippen LogP contribution is -2.37. The maximum Gasteiger partial charge on any atom is 0.278 e. The Morgan fingerprint density at radius 1 is 0.769 bits per heavy atom. The Kier molecular flexibility index (Phi) is 11.7. The monoisotopic (exact) mass is 368 g/mol. The first-order valence-electron chi connectivity index (χ1n) is 10.3. The number of halogens is 1. The zero-order valence-corrected chi connectivity index (χ0v) is 16.3. The van der Waals surface area contributed by atoms with Gasteiger partial charge >= 0.3 is 0 Å². The van der Waals surface area contributed by atoms with E-state index in [9.17, 15) is 19.7 Å². The molecule has 0 radical (unpaired) electrons. The number of aryl methyl sites for hydroxylation is 1. The lowest BCUT2D eigenvalue weighted by Gasteiger charge is -2.26. The number of rotatable bonds is 15. The molecule has 0 aliphatic heterocycles. The van der Waals surface area contributed by atoms with E-state index < -0.39 is 11.9 Å². The lowest BCUT2D eigenvalue weighted by molar-refractivity contribution is -0.344. The van der Waals surface area contributed by atoms with Gasteiger partial charge in [-0.2, -0.15) is 0 Å². The molecule has 0 aliphatic rings. The molecule has 1 unspecified atom stereocenters. The van der Waals surface area contributed by atoms with Crippen molar-refractivity contribution in [2.45, 2.75) is 96.4 Å². The third kappa shape index (κ3) is 10.9. The van der Waals surface area contributed by atoms with Crippen LogP contribution in [-0.4, -0.2) is 21.3 Å². The first kappa shape index (κ1) is 23.1. The molecule has 1 rings (SSSR count). The van der Waals surface area contributed by atoms with Crippen LogP contribution < -0.4 is 0 Å². The van der Waals surface area contributed by atoms with Gasteiger partial charge in [0, 0.05) is 5.92 Å². The predicted molar refractivity (Wildman–Crippen MR) is 104 cm³/mol. The van der Waals surface area contributed by atoms with Crippen LogP contribution in [0.5, 0.6) is 0 Å². The van der Waals surface area contributed by atoms with Crippen LogP contribution in [0.25, 0.3) is 0 Å². The molecular weight excluding hydrogens is 331 g/mol. The van der Waals surface area contributed by atoms with Crippen molar-refractivity contribution in [1.82, 2.24) is 0 Å². The van der Waals surface area contributed by atoms with Crippen molar-refractivity contribution in [3.05, 3.63) is 35.6 Å². The highest BCUT2D eigenvalue weighted by atomic mass is 19.1. The summed E-state index contributed by atoms with van der Waals surface area (Å²) in [5, 5.41) is 28.7. The summed E-state index contributed by atoms with van der Waals surface area (Å²) in [6, 6.07) is 6.63. The molecule has 0 aliphatic carbocycles. The van der Waals surface area contributed by atoms with Crippen LogP contribution in [-0.2, 0) is 6.42 Å². The molecule has 26 heavy (non-hydrogen) atoms. The fourth-order valence-electron chi connectivity index (χ4n) is 3.43. The fourth-order valence-corrected chi connectivity index (χ4v) is 3.43. The van der Waals surface area contributed by atoms with Gasteiger partial charge in [-0.15, -0.1) is 0 Å². The summed E-state index contributed by atoms with van der Waals surface area (Å²) in [6.07, 6.45) is 13.1. The standard InChI is InChI=1S/C22H37FO3/c1-2-3-4-5-6-10-13-20(22(24,25)26)14-11-8-7-9-12-19-15-17-21(23)18-16-19/h15-18,20,24-26H,2-14H2,1H3. The van der Waals surface area contributed by atoms with Crippen molar-refractivity contribution in [3.63, 3.8) is 0 Å². The molecule has 0 saturated heterocycles. The Morgan fingerprint density at radius 2 is 1.27 bits per heavy atom. The molecule has 4 heteroatoms. The molecule has 0 aromatic heterocycles. The van der Waals surface area contributed by atoms with E-state index in [-0.39, 0.29) is 5.82 Å². The van der Waals surface area contributed by atoms with Gasteiger partial charge in [-0.05, 0) is 43.4 Å². The second kappa shape index (κ2) is 13.2. The molecular formula is C22H37FO3. The highest BCUT2D eigenvalue weighted by Gasteiger charge is 2.30. The van der Waals surface area contributed by atoms with E-state index in [0.29, 0.717) is 12.8 Å². The van der Waals surface area contributed by atoms with Crippen LogP contribution in [0, 0.1) is 11.7 Å². The summed E-state index contributed by atoms with van der Waals surface area (Å²) in [4.78, 5) is 0. The minimum Gasteiger partial charge on any atom is -0.343 e. The predicted octanol–water partition coefficient (Wildman–Crippen LogP) is 5.32. The van der Waals surface area contributed by atoms with Crippen molar-refractivity contribution in [3.8, 4) is 0 Å². The van der Waals surface area contributed by atoms with Crippen LogP contribution in [0.1, 0.15) is 89.5 Å². The van der Waals surface area contributed by atoms with Gasteiger partial charge in [0.2, 0.25) is 0 Å². The van der Waals surface area contributed by atoms with Gasteiger partial charge in [0.1, 0.15) is 5.82 Å². The van der Waals surface area contributed by atoms with Crippen LogP contribution in [0.3, 0.4) is 0 Å². The maximum atomic E-state index is 12.9. The van der Waals surface area contributed by atoms with E-state index in [4.69, 9.17) is 0 Å². The molecule has 0 amide bonds. The first-order chi connectivity index (χ1) is 12.4. The van der Waals surface area contributed by atoms with Crippen LogP contribution in [0.4, 0.5) is 4.39 Å². The highest BCUT2D eigenvalue weighted by molar-refractivity contribution is 5.15. The van der Waals surface area contributed by atoms with Crippen LogP contribution in [0.2, 0.25) is 0 Å². The third-order valence-electron chi connectivity index (χ3n) is 5.14. The minimum absolute atomic E-state index is 0.203. The third-order valence-corrected chi connectivity index (χ3v) is 5.14. The van der Waals surface area contributed by atoms with Crippen molar-refractivity contribution < 1.29 is 19.7 Å². The van der Waals surface area contributed by atoms with Gasteiger partial charge < -0.3 is 15.3 Å². The average Bonchev–Trinajstić information content (AvgIpc) is 2.59. The van der Waals surface area contributed by atoms with Crippen LogP contribution in [0.15, 0.2) is 24.3 Å². The summed E-state index contributed by atoms with van der Waals surface area (Å²) in [7, 11) is 0. The first-order valence-corrected chi connectivity index (χ1v) is 10.3. The topological polar surface area (TPSA) is 60.7 Å². The summed E-state index contributed by atoms with van der Waals surface area (Å²) in [5.74, 6) is -3.23. The van der Waals surface area contributed by atoms with Gasteiger partial charge in [0.25, 0.3) is 5.97 Å². The van der Waals surface area contributed by atoms with Gasteiger partial charge in [-0.1, -0.05) is 76.8 Å². The van der Waals surface area contributed by atoms with E-state index in [1.807, 2.05) is 12.1 Å². The van der Waals surface area contributed by atoms with Gasteiger partial charge in [-0.25, -0.2) is 4.39 Å². The molecule has 0 bridgehead atoms. The molecule has 3 N–H and O–H groups in total. The SMILES string of the molecule is CCCCCCCCC(CCCCCCc1ccc(F)cc1)C(O)(O)O. The Hall–Kier alpha value is -0.970. The van der Waals surface area contributed by atoms with Crippen LogP contribution >= 0.6 is 0 Å². The van der Waals surface area contributed by atoms with E-state index in [1.165, 1.54) is 37.8 Å². The second-order valence-corrected chi connectivity index (χ2v) is 7.52. The number of hydrogen-bond acceptors (Lipinski definition) is 3. The van der Waals surface area contributed by atoms with E-state index in [1.54, 1.807) is 0 Å². The highest BCUT2D eigenvalue weighted by Crippen LogP contribution is 2.26. The maximum absolute atomic E-state index is 12.9. The molecule has 150 valence electrons. The smallest absolute Gasteiger partial charge is 0.278 e. The van der Waals surface area contributed by atoms with Gasteiger partial charge in [0.15, 0.2) is 0 Å². The lowest BCUT2D eigenvalue weighted by atomic mass is 9.92. The van der Waals surface area contributed by atoms with E-state index in [0.717, 1.165) is 50.5 Å². The largest absolute Gasteiger partial charge is 0.343 e. The van der Waals surface area contributed by atoms with Gasteiger partial charge in [-0.3, -0.25) is 0 Å². The minimum atomic E-state index is -2.56. The Bertz CT molecular complexity index is 453. The number of unbranched alkanes of at least 4 members (excludes halogenated alkanes) is 8. The van der Waals surface area contributed by atoms with Crippen molar-refractivity contribution in [2.75, 3.05) is 0 Å². The summed E-state index contributed by atoms with van der Waals surface area (Å²) < 4.78 is 12.9. The van der Waals surface area contributed by atoms with E-state index in [2.05, 4.69) is 6.92 Å². The number of hydrogen-bond donors (Lipinski definition) is 3. The summed E-state index contributed by atoms with van der Waals surface area (Å²) in [5.41, 5.74) is 1.15. The van der Waals surface area contributed by atoms with Crippen molar-refractivity contribution in [1.29, 1.82) is 0 Å². The Morgan fingerprint density at radius 3 is 1.81 bits per heavy atom. The molecule has 0 saturated carbocycles. The van der Waals surface area contributed by atoms with E-state index >= 15 is 0 Å². The van der Waals surface area contributed by atoms with Crippen molar-refractivity contribution >= 4 is 0 Å². The molecule has 3 nitrogen and oxygen atoms in total. The Balaban J connectivity index is 2.14. The molecule has 0 fully saturated rings. The molecule has 1 aromatic carbocycles. The number of benzene rings is 1. The van der Waals surface area contributed by atoms with Crippen molar-refractivity contribution in [2.24, 2.45) is 5.92 Å². The second-order valence-electron chi connectivity index (χ2n) is 7.52. The normalized spacial score (nSPS) is 13.1. The molecule has 0 heterocycles. The Labute approximate surface area is 158 Å². The fraction of sp³-hybridized carbons (Fsp3) is 0.727. The zero-order valence-electron chi connectivity index (χ0n) is 16.3. The molecule has 0 spiro atoms. The molecule has 1 atom stereocenters. The summed E-state index contributed by atoms with van der Waals surface area (Å²) >= 11 is 0. The molecule has 1 aromatic rings. The van der Waals surface area contributed by atoms with Gasteiger partial charge in [0.05, 0.1) is 0 Å². The summed E-state index contributed by atoms with van der Waals surface area (Å²) in [6.45, 7) is 2.19. The average molecular weight is 369 g/mol. The number of aliphatic hydroxyl groups is 3.